The van der Waals surface area contributed by atoms with Crippen LogP contribution in [-0.2, 0) is 19.6 Å². The Morgan fingerprint density at radius 1 is 1.25 bits per heavy atom. The fraction of sp³-hybridized carbons (Fsp3) is 0.750. The van der Waals surface area contributed by atoms with Crippen molar-refractivity contribution in [2.24, 2.45) is 0 Å². The average Bonchev–Trinajstić information content (AvgIpc) is 2.63. The summed E-state index contributed by atoms with van der Waals surface area (Å²) in [6, 6.07) is 0. The van der Waals surface area contributed by atoms with Crippen molar-refractivity contribution in [2.45, 2.75) is 31.5 Å². The number of rotatable bonds is 4. The molecule has 0 atom stereocenters. The molecule has 0 unspecified atom stereocenters. The number of sulfonamides is 1. The normalized spacial score (nSPS) is 21.2. The number of nitrogens with zero attached hydrogens (tertiary/aromatic N) is 3. The quantitative estimate of drug-likeness (QED) is 0.663. The van der Waals surface area contributed by atoms with Gasteiger partial charge in [0.1, 0.15) is 5.54 Å². The van der Waals surface area contributed by atoms with Gasteiger partial charge in [0.05, 0.1) is 5.75 Å². The van der Waals surface area contributed by atoms with Gasteiger partial charge in [0.15, 0.2) is 0 Å². The summed E-state index contributed by atoms with van der Waals surface area (Å²) < 4.78 is 57.2. The van der Waals surface area contributed by atoms with Gasteiger partial charge in [-0.05, 0) is 26.8 Å². The molecule has 1 spiro atoms. The first-order valence-corrected chi connectivity index (χ1v) is 10.3. The van der Waals surface area contributed by atoms with Crippen LogP contribution in [0.15, 0.2) is 12.7 Å². The molecule has 0 aromatic heterocycles. The van der Waals surface area contributed by atoms with Crippen molar-refractivity contribution in [1.82, 2.24) is 14.1 Å². The summed E-state index contributed by atoms with van der Waals surface area (Å²) in [6.07, 6.45) is -2.21. The molecule has 2 rings (SSSR count). The molecule has 28 heavy (non-hydrogen) atoms. The summed E-state index contributed by atoms with van der Waals surface area (Å²) >= 11 is 0. The van der Waals surface area contributed by atoms with Crippen molar-refractivity contribution in [1.29, 1.82) is 0 Å². The zero-order chi connectivity index (χ0) is 21.8. The summed E-state index contributed by atoms with van der Waals surface area (Å²) in [7, 11) is -1.20. The van der Waals surface area contributed by atoms with E-state index in [1.807, 2.05) is 11.9 Å². The summed E-state index contributed by atoms with van der Waals surface area (Å²) in [4.78, 5) is 25.6. The van der Waals surface area contributed by atoms with E-state index in [0.29, 0.717) is 39.0 Å². The maximum absolute atomic E-state index is 12.8. The van der Waals surface area contributed by atoms with Gasteiger partial charge in [-0.15, -0.1) is 6.58 Å². The molecule has 8 nitrogen and oxygen atoms in total. The number of aliphatic carboxylic acids is 1. The Morgan fingerprint density at radius 2 is 1.75 bits per heavy atom. The molecule has 162 valence electrons. The standard InChI is InChI=1S/C14H25N3O3S.C2HF3O2/c1-4-8-16-12-11-15(3)14(13(16)18)6-9-17(10-7-14)21(19,20)5-2;3-2(4,5)1(6)7/h4H,1,5-12H2,2-3H3;(H,6,7). The molecular formula is C16H26F3N3O5S. The Bertz CT molecular complexity index is 688. The molecule has 2 heterocycles. The molecule has 0 aliphatic carbocycles. The average molecular weight is 429 g/mol. The van der Waals surface area contributed by atoms with Gasteiger partial charge in [-0.3, -0.25) is 9.69 Å². The van der Waals surface area contributed by atoms with Gasteiger partial charge < -0.3 is 10.0 Å². The van der Waals surface area contributed by atoms with Crippen LogP contribution in [0.4, 0.5) is 13.2 Å². The van der Waals surface area contributed by atoms with E-state index in [-0.39, 0.29) is 11.7 Å². The number of carbonyl (C=O) groups excluding carboxylic acids is 1. The van der Waals surface area contributed by atoms with Crippen LogP contribution in [0, 0.1) is 0 Å². The van der Waals surface area contributed by atoms with Gasteiger partial charge in [-0.2, -0.15) is 13.2 Å². The minimum absolute atomic E-state index is 0.115. The predicted octanol–water partition coefficient (Wildman–Crippen LogP) is 0.764. The third kappa shape index (κ3) is 5.45. The van der Waals surface area contributed by atoms with Crippen LogP contribution < -0.4 is 0 Å². The number of piperidine rings is 1. The monoisotopic (exact) mass is 429 g/mol. The van der Waals surface area contributed by atoms with Gasteiger partial charge in [0.25, 0.3) is 0 Å². The van der Waals surface area contributed by atoms with E-state index in [4.69, 9.17) is 9.90 Å². The Labute approximate surface area is 162 Å². The van der Waals surface area contributed by atoms with Crippen molar-refractivity contribution >= 4 is 21.9 Å². The van der Waals surface area contributed by atoms with E-state index in [1.54, 1.807) is 13.0 Å². The number of carboxylic acids is 1. The van der Waals surface area contributed by atoms with E-state index < -0.39 is 27.7 Å². The highest BCUT2D eigenvalue weighted by atomic mass is 32.2. The number of amides is 1. The molecule has 0 aromatic carbocycles. The lowest BCUT2D eigenvalue weighted by Gasteiger charge is -2.51. The van der Waals surface area contributed by atoms with Crippen LogP contribution >= 0.6 is 0 Å². The molecule has 2 fully saturated rings. The second-order valence-electron chi connectivity index (χ2n) is 6.60. The van der Waals surface area contributed by atoms with Crippen LogP contribution in [0.5, 0.6) is 0 Å². The number of carbonyl (C=O) groups is 2. The molecule has 0 radical (unpaired) electrons. The molecule has 0 aromatic rings. The Hall–Kier alpha value is -1.66. The summed E-state index contributed by atoms with van der Waals surface area (Å²) in [5.74, 6) is -2.52. The van der Waals surface area contributed by atoms with Crippen molar-refractivity contribution in [3.63, 3.8) is 0 Å². The van der Waals surface area contributed by atoms with Crippen LogP contribution in [0.25, 0.3) is 0 Å². The Morgan fingerprint density at radius 3 is 2.14 bits per heavy atom. The molecule has 0 bridgehead atoms. The molecule has 0 saturated carbocycles. The molecular weight excluding hydrogens is 403 g/mol. The topological polar surface area (TPSA) is 98.2 Å². The Kier molecular flexibility index (Phi) is 8.03. The first-order valence-electron chi connectivity index (χ1n) is 8.71. The second-order valence-corrected chi connectivity index (χ2v) is 8.85. The largest absolute Gasteiger partial charge is 0.490 e. The number of hydrogen-bond donors (Lipinski definition) is 1. The van der Waals surface area contributed by atoms with Gasteiger partial charge in [0, 0.05) is 32.7 Å². The van der Waals surface area contributed by atoms with Crippen LogP contribution in [0.3, 0.4) is 0 Å². The lowest BCUT2D eigenvalue weighted by atomic mass is 9.83. The molecule has 2 aliphatic rings. The van der Waals surface area contributed by atoms with Crippen molar-refractivity contribution in [3.05, 3.63) is 12.7 Å². The number of piperazine rings is 1. The van der Waals surface area contributed by atoms with Crippen LogP contribution in [0.1, 0.15) is 19.8 Å². The number of alkyl halides is 3. The fourth-order valence-corrected chi connectivity index (χ4v) is 4.39. The summed E-state index contributed by atoms with van der Waals surface area (Å²) in [6.45, 7) is 8.30. The van der Waals surface area contributed by atoms with E-state index in [1.165, 1.54) is 4.31 Å². The third-order valence-corrected chi connectivity index (χ3v) is 6.90. The highest BCUT2D eigenvalue weighted by Gasteiger charge is 2.50. The van der Waals surface area contributed by atoms with Gasteiger partial charge in [0.2, 0.25) is 15.9 Å². The van der Waals surface area contributed by atoms with Crippen LogP contribution in [-0.4, -0.2) is 96.7 Å². The molecule has 1 N–H and O–H groups in total. The Balaban J connectivity index is 0.000000480. The van der Waals surface area contributed by atoms with Crippen molar-refractivity contribution < 1.29 is 36.3 Å². The number of carboxylic acid groups (broad SMARTS) is 1. The number of hydrogen-bond acceptors (Lipinski definition) is 5. The zero-order valence-electron chi connectivity index (χ0n) is 15.9. The van der Waals surface area contributed by atoms with Crippen molar-refractivity contribution in [3.8, 4) is 0 Å². The lowest BCUT2D eigenvalue weighted by molar-refractivity contribution is -0.192. The molecule has 2 saturated heterocycles. The van der Waals surface area contributed by atoms with Gasteiger partial charge >= 0.3 is 12.1 Å². The maximum atomic E-state index is 12.8. The van der Waals surface area contributed by atoms with E-state index in [2.05, 4.69) is 11.5 Å². The highest BCUT2D eigenvalue weighted by Crippen LogP contribution is 2.33. The fourth-order valence-electron chi connectivity index (χ4n) is 3.29. The number of likely N-dealkylation sites (N-methyl/N-ethyl adjacent to an activating group) is 1. The minimum Gasteiger partial charge on any atom is -0.475 e. The zero-order valence-corrected chi connectivity index (χ0v) is 16.7. The summed E-state index contributed by atoms with van der Waals surface area (Å²) in [5, 5.41) is 7.12. The maximum Gasteiger partial charge on any atom is 0.490 e. The van der Waals surface area contributed by atoms with Crippen molar-refractivity contribution in [2.75, 3.05) is 45.5 Å². The molecule has 2 aliphatic heterocycles. The van der Waals surface area contributed by atoms with E-state index in [9.17, 15) is 26.4 Å². The second kappa shape index (κ2) is 9.23. The highest BCUT2D eigenvalue weighted by molar-refractivity contribution is 7.89. The first-order chi connectivity index (χ1) is 12.8. The predicted molar refractivity (Wildman–Crippen MR) is 96.1 cm³/mol. The molecule has 1 amide bonds. The van der Waals surface area contributed by atoms with E-state index in [0.717, 1.165) is 6.54 Å². The third-order valence-electron chi connectivity index (χ3n) is 5.02. The molecule has 12 heteroatoms. The van der Waals surface area contributed by atoms with E-state index >= 15 is 0 Å². The number of halogens is 3. The lowest BCUT2D eigenvalue weighted by Crippen LogP contribution is -2.67. The van der Waals surface area contributed by atoms with Gasteiger partial charge in [-0.25, -0.2) is 17.5 Å². The van der Waals surface area contributed by atoms with Crippen LogP contribution in [0.2, 0.25) is 0 Å². The SMILES string of the molecule is C=CCN1CCN(C)C2(CCN(S(=O)(=O)CC)CC2)C1=O.O=C(O)C(F)(F)F. The van der Waals surface area contributed by atoms with Gasteiger partial charge in [-0.1, -0.05) is 6.08 Å². The minimum atomic E-state index is -5.08. The smallest absolute Gasteiger partial charge is 0.475 e. The summed E-state index contributed by atoms with van der Waals surface area (Å²) in [5.41, 5.74) is -0.541. The first kappa shape index (κ1) is 24.4.